The lowest BCUT2D eigenvalue weighted by Crippen LogP contribution is -2.19. The van der Waals surface area contributed by atoms with E-state index in [1.165, 1.54) is 5.56 Å². The van der Waals surface area contributed by atoms with Gasteiger partial charge in [-0.2, -0.15) is 0 Å². The maximum Gasteiger partial charge on any atom is 0.175 e. The molecule has 0 saturated carbocycles. The third kappa shape index (κ3) is 4.40. The lowest BCUT2D eigenvalue weighted by molar-refractivity contribution is 0.101. The van der Waals surface area contributed by atoms with Crippen LogP contribution < -0.4 is 10.6 Å². The first-order chi connectivity index (χ1) is 10.5. The highest BCUT2D eigenvalue weighted by atomic mass is 32.1. The fourth-order valence-electron chi connectivity index (χ4n) is 2.06. The second-order valence-corrected chi connectivity index (χ2v) is 5.90. The molecule has 114 valence electrons. The number of hydrogen-bond donors (Lipinski definition) is 2. The number of benzene rings is 2. The smallest absolute Gasteiger partial charge is 0.175 e. The molecule has 0 bridgehead atoms. The number of hydrogen-bond acceptors (Lipinski definition) is 2. The van der Waals surface area contributed by atoms with E-state index in [1.54, 1.807) is 19.1 Å². The van der Waals surface area contributed by atoms with Crippen molar-refractivity contribution < 1.29 is 4.79 Å². The zero-order valence-electron chi connectivity index (χ0n) is 13.0. The number of nitrogens with one attached hydrogen (secondary N) is 2. The normalized spacial score (nSPS) is 10.4. The third-order valence-corrected chi connectivity index (χ3v) is 3.56. The highest BCUT2D eigenvalue weighted by Gasteiger charge is 2.03. The van der Waals surface area contributed by atoms with Crippen molar-refractivity contribution in [1.29, 1.82) is 0 Å². The van der Waals surface area contributed by atoms with Crippen molar-refractivity contribution in [3.8, 4) is 0 Å². The molecular formula is C18H20N2OS. The van der Waals surface area contributed by atoms with Gasteiger partial charge in [0.2, 0.25) is 0 Å². The van der Waals surface area contributed by atoms with Gasteiger partial charge in [-0.3, -0.25) is 4.79 Å². The van der Waals surface area contributed by atoms with E-state index in [-0.39, 0.29) is 5.78 Å². The van der Waals surface area contributed by atoms with E-state index in [0.717, 1.165) is 11.4 Å². The standard InChI is InChI=1S/C18H20N2OS/c1-12(2)15-5-4-6-17(11-15)20-18(22)19-16-9-7-14(8-10-16)13(3)21/h4-12H,1-3H3,(H2,19,20,22). The Morgan fingerprint density at radius 3 is 2.23 bits per heavy atom. The van der Waals surface area contributed by atoms with Gasteiger partial charge in [0.15, 0.2) is 10.9 Å². The van der Waals surface area contributed by atoms with E-state index in [0.29, 0.717) is 16.6 Å². The molecule has 0 heterocycles. The largest absolute Gasteiger partial charge is 0.332 e. The minimum absolute atomic E-state index is 0.0535. The molecule has 22 heavy (non-hydrogen) atoms. The van der Waals surface area contributed by atoms with Crippen molar-refractivity contribution in [2.24, 2.45) is 0 Å². The van der Waals surface area contributed by atoms with E-state index in [1.807, 2.05) is 24.3 Å². The van der Waals surface area contributed by atoms with Crippen molar-refractivity contribution in [2.75, 3.05) is 10.6 Å². The van der Waals surface area contributed by atoms with Crippen molar-refractivity contribution in [2.45, 2.75) is 26.7 Å². The summed E-state index contributed by atoms with van der Waals surface area (Å²) >= 11 is 5.32. The van der Waals surface area contributed by atoms with Gasteiger partial charge in [-0.25, -0.2) is 0 Å². The predicted molar refractivity (Wildman–Crippen MR) is 96.8 cm³/mol. The number of Topliss-reactive ketones (excluding diaryl/α,β-unsaturated/α-hetero) is 1. The Labute approximate surface area is 136 Å². The molecule has 0 aromatic heterocycles. The molecule has 0 radical (unpaired) electrons. The molecule has 0 aliphatic rings. The quantitative estimate of drug-likeness (QED) is 0.627. The molecule has 0 aliphatic heterocycles. The zero-order valence-corrected chi connectivity index (χ0v) is 13.8. The first-order valence-corrected chi connectivity index (χ1v) is 7.65. The van der Waals surface area contributed by atoms with Crippen LogP contribution in [0.25, 0.3) is 0 Å². The maximum absolute atomic E-state index is 11.2. The Kier molecular flexibility index (Phi) is 5.28. The van der Waals surface area contributed by atoms with Crippen molar-refractivity contribution in [3.63, 3.8) is 0 Å². The van der Waals surface area contributed by atoms with Crippen LogP contribution in [0.3, 0.4) is 0 Å². The Morgan fingerprint density at radius 2 is 1.64 bits per heavy atom. The summed E-state index contributed by atoms with van der Waals surface area (Å²) in [6, 6.07) is 15.5. The average molecular weight is 312 g/mol. The molecular weight excluding hydrogens is 292 g/mol. The van der Waals surface area contributed by atoms with Gasteiger partial charge >= 0.3 is 0 Å². The van der Waals surface area contributed by atoms with Crippen LogP contribution in [0, 0.1) is 0 Å². The highest BCUT2D eigenvalue weighted by molar-refractivity contribution is 7.80. The highest BCUT2D eigenvalue weighted by Crippen LogP contribution is 2.19. The van der Waals surface area contributed by atoms with E-state index in [9.17, 15) is 4.79 Å². The number of carbonyl (C=O) groups excluding carboxylic acids is 1. The SMILES string of the molecule is CC(=O)c1ccc(NC(=S)Nc2cccc(C(C)C)c2)cc1. The Bertz CT molecular complexity index is 678. The molecule has 0 spiro atoms. The molecule has 2 N–H and O–H groups in total. The Balaban J connectivity index is 2.00. The Morgan fingerprint density at radius 1 is 1.00 bits per heavy atom. The molecule has 2 aromatic carbocycles. The van der Waals surface area contributed by atoms with Crippen molar-refractivity contribution in [3.05, 3.63) is 59.7 Å². The fourth-order valence-corrected chi connectivity index (χ4v) is 2.29. The molecule has 0 fully saturated rings. The van der Waals surface area contributed by atoms with Gasteiger partial charge in [-0.15, -0.1) is 0 Å². The van der Waals surface area contributed by atoms with Crippen LogP contribution in [0.2, 0.25) is 0 Å². The summed E-state index contributed by atoms with van der Waals surface area (Å²) in [5.74, 6) is 0.528. The summed E-state index contributed by atoms with van der Waals surface area (Å²) < 4.78 is 0. The van der Waals surface area contributed by atoms with Crippen LogP contribution in [0.1, 0.15) is 42.6 Å². The average Bonchev–Trinajstić information content (AvgIpc) is 2.47. The number of ketones is 1. The Hall–Kier alpha value is -2.20. The van der Waals surface area contributed by atoms with Gasteiger partial charge in [-0.05, 0) is 67.0 Å². The lowest BCUT2D eigenvalue weighted by Gasteiger charge is -2.13. The monoisotopic (exact) mass is 312 g/mol. The fraction of sp³-hybridized carbons (Fsp3) is 0.222. The minimum Gasteiger partial charge on any atom is -0.332 e. The van der Waals surface area contributed by atoms with E-state index in [4.69, 9.17) is 12.2 Å². The van der Waals surface area contributed by atoms with E-state index < -0.39 is 0 Å². The molecule has 0 saturated heterocycles. The molecule has 2 rings (SSSR count). The molecule has 0 unspecified atom stereocenters. The summed E-state index contributed by atoms with van der Waals surface area (Å²) in [7, 11) is 0. The number of anilines is 2. The van der Waals surface area contributed by atoms with Crippen LogP contribution >= 0.6 is 12.2 Å². The molecule has 0 amide bonds. The summed E-state index contributed by atoms with van der Waals surface area (Å²) in [5, 5.41) is 6.82. The van der Waals surface area contributed by atoms with Crippen molar-refractivity contribution in [1.82, 2.24) is 0 Å². The zero-order chi connectivity index (χ0) is 16.1. The second-order valence-electron chi connectivity index (χ2n) is 5.49. The van der Waals surface area contributed by atoms with Crippen molar-refractivity contribution >= 4 is 34.5 Å². The number of thiocarbonyl (C=S) groups is 1. The minimum atomic E-state index is 0.0535. The van der Waals surface area contributed by atoms with Gasteiger partial charge in [0.25, 0.3) is 0 Å². The molecule has 2 aromatic rings. The van der Waals surface area contributed by atoms with Crippen LogP contribution in [0.5, 0.6) is 0 Å². The summed E-state index contributed by atoms with van der Waals surface area (Å²) in [6.07, 6.45) is 0. The molecule has 3 nitrogen and oxygen atoms in total. The van der Waals surface area contributed by atoms with E-state index in [2.05, 4.69) is 36.6 Å². The molecule has 0 atom stereocenters. The van der Waals surface area contributed by atoms with Crippen LogP contribution in [-0.2, 0) is 0 Å². The second kappa shape index (κ2) is 7.18. The van der Waals surface area contributed by atoms with Crippen LogP contribution in [-0.4, -0.2) is 10.9 Å². The van der Waals surface area contributed by atoms with Crippen LogP contribution in [0.15, 0.2) is 48.5 Å². The predicted octanol–water partition coefficient (Wildman–Crippen LogP) is 4.82. The molecule has 0 aliphatic carbocycles. The van der Waals surface area contributed by atoms with Gasteiger partial charge in [0.05, 0.1) is 0 Å². The van der Waals surface area contributed by atoms with Gasteiger partial charge in [-0.1, -0.05) is 26.0 Å². The van der Waals surface area contributed by atoms with Gasteiger partial charge in [0, 0.05) is 16.9 Å². The molecule has 4 heteroatoms. The number of carbonyl (C=O) groups is 1. The first-order valence-electron chi connectivity index (χ1n) is 7.24. The number of rotatable bonds is 4. The topological polar surface area (TPSA) is 41.1 Å². The summed E-state index contributed by atoms with van der Waals surface area (Å²) in [5.41, 5.74) is 3.76. The van der Waals surface area contributed by atoms with Gasteiger partial charge < -0.3 is 10.6 Å². The van der Waals surface area contributed by atoms with Gasteiger partial charge in [0.1, 0.15) is 0 Å². The summed E-state index contributed by atoms with van der Waals surface area (Å²) in [6.45, 7) is 5.87. The first kappa shape index (κ1) is 16.2. The van der Waals surface area contributed by atoms with Crippen LogP contribution in [0.4, 0.5) is 11.4 Å². The maximum atomic E-state index is 11.2. The lowest BCUT2D eigenvalue weighted by atomic mass is 10.0. The summed E-state index contributed by atoms with van der Waals surface area (Å²) in [4.78, 5) is 11.2. The third-order valence-electron chi connectivity index (χ3n) is 3.36. The van der Waals surface area contributed by atoms with E-state index >= 15 is 0 Å².